The Morgan fingerprint density at radius 1 is 1.21 bits per heavy atom. The van der Waals surface area contributed by atoms with E-state index in [4.69, 9.17) is 0 Å². The van der Waals surface area contributed by atoms with E-state index in [1.165, 1.54) is 11.3 Å². The van der Waals surface area contributed by atoms with E-state index in [-0.39, 0.29) is 5.78 Å². The first kappa shape index (κ1) is 12.0. The second-order valence-electron chi connectivity index (χ2n) is 4.41. The van der Waals surface area contributed by atoms with Gasteiger partial charge in [0.05, 0.1) is 16.6 Å². The number of carbonyl (C=O) groups excluding carboxylic acids is 1. The predicted octanol–water partition coefficient (Wildman–Crippen LogP) is 3.43. The highest BCUT2D eigenvalue weighted by Crippen LogP contribution is 2.22. The third-order valence-electron chi connectivity index (χ3n) is 2.85. The monoisotopic (exact) mass is 268 g/mol. The first-order chi connectivity index (χ1) is 9.22. The smallest absolute Gasteiger partial charge is 0.197 e. The van der Waals surface area contributed by atoms with Crippen molar-refractivity contribution in [1.82, 2.24) is 9.97 Å². The first-order valence-corrected chi connectivity index (χ1v) is 6.84. The molecule has 3 aromatic rings. The summed E-state index contributed by atoms with van der Waals surface area (Å²) in [6.45, 7) is 1.98. The number of fused-ring (bicyclic) bond motifs is 1. The van der Waals surface area contributed by atoms with E-state index in [2.05, 4.69) is 9.97 Å². The fourth-order valence-corrected chi connectivity index (χ4v) is 2.74. The second-order valence-corrected chi connectivity index (χ2v) is 5.44. The third-order valence-corrected chi connectivity index (χ3v) is 3.92. The maximum atomic E-state index is 12.2. The minimum absolute atomic E-state index is 0.0255. The molecule has 0 saturated heterocycles. The lowest BCUT2D eigenvalue weighted by molar-refractivity contribution is 0.0992. The van der Waals surface area contributed by atoms with Crippen molar-refractivity contribution in [2.45, 2.75) is 13.3 Å². The van der Waals surface area contributed by atoms with Gasteiger partial charge in [0.15, 0.2) is 10.8 Å². The fraction of sp³-hybridized carbons (Fsp3) is 0.133. The van der Waals surface area contributed by atoms with Crippen molar-refractivity contribution in [1.29, 1.82) is 0 Å². The number of aryl methyl sites for hydroxylation is 1. The zero-order chi connectivity index (χ0) is 13.2. The Balaban J connectivity index is 1.85. The zero-order valence-corrected chi connectivity index (χ0v) is 11.3. The average molecular weight is 268 g/mol. The maximum Gasteiger partial charge on any atom is 0.197 e. The van der Waals surface area contributed by atoms with E-state index in [1.54, 1.807) is 6.20 Å². The molecule has 0 atom stereocenters. The van der Waals surface area contributed by atoms with Crippen molar-refractivity contribution in [3.8, 4) is 0 Å². The molecular formula is C15H12N2OS. The van der Waals surface area contributed by atoms with Gasteiger partial charge in [0.1, 0.15) is 0 Å². The number of aromatic nitrogens is 2. The summed E-state index contributed by atoms with van der Waals surface area (Å²) >= 11 is 1.44. The Bertz CT molecular complexity index is 698. The van der Waals surface area contributed by atoms with Crippen LogP contribution in [0.5, 0.6) is 0 Å². The van der Waals surface area contributed by atoms with Crippen LogP contribution in [0.3, 0.4) is 0 Å². The van der Waals surface area contributed by atoms with Gasteiger partial charge < -0.3 is 0 Å². The number of benzene rings is 1. The highest BCUT2D eigenvalue weighted by atomic mass is 32.1. The maximum absolute atomic E-state index is 12.2. The van der Waals surface area contributed by atoms with E-state index >= 15 is 0 Å². The molecule has 0 radical (unpaired) electrons. The minimum atomic E-state index is 0.0255. The van der Waals surface area contributed by atoms with Crippen LogP contribution in [0.15, 0.2) is 42.6 Å². The number of hydrogen-bond donors (Lipinski definition) is 0. The Hall–Kier alpha value is -2.07. The molecule has 3 nitrogen and oxygen atoms in total. The first-order valence-electron chi connectivity index (χ1n) is 6.03. The van der Waals surface area contributed by atoms with E-state index in [1.807, 2.05) is 43.3 Å². The third kappa shape index (κ3) is 2.53. The Morgan fingerprint density at radius 2 is 2.05 bits per heavy atom. The van der Waals surface area contributed by atoms with Gasteiger partial charge >= 0.3 is 0 Å². The molecule has 19 heavy (non-hydrogen) atoms. The number of Topliss-reactive ketones (excluding diaryl/α,β-unsaturated/α-hetero) is 1. The molecule has 0 aliphatic carbocycles. The van der Waals surface area contributed by atoms with Gasteiger partial charge in [0.2, 0.25) is 0 Å². The lowest BCUT2D eigenvalue weighted by atomic mass is 10.2. The van der Waals surface area contributed by atoms with Gasteiger partial charge in [-0.25, -0.2) is 4.98 Å². The van der Waals surface area contributed by atoms with Crippen LogP contribution in [0, 0.1) is 6.92 Å². The molecule has 0 unspecified atom stereocenters. The molecule has 0 N–H and O–H groups in total. The summed E-state index contributed by atoms with van der Waals surface area (Å²) in [4.78, 5) is 20.8. The highest BCUT2D eigenvalue weighted by Gasteiger charge is 2.13. The summed E-state index contributed by atoms with van der Waals surface area (Å²) in [5.41, 5.74) is 2.76. The summed E-state index contributed by atoms with van der Waals surface area (Å²) in [6.07, 6.45) is 2.08. The van der Waals surface area contributed by atoms with Crippen LogP contribution in [0.2, 0.25) is 0 Å². The fourth-order valence-electron chi connectivity index (χ4n) is 1.83. The molecular weight excluding hydrogens is 256 g/mol. The minimum Gasteiger partial charge on any atom is -0.291 e. The van der Waals surface area contributed by atoms with E-state index in [0.717, 1.165) is 21.5 Å². The van der Waals surface area contributed by atoms with Crippen LogP contribution in [0.25, 0.3) is 10.2 Å². The summed E-state index contributed by atoms with van der Waals surface area (Å²) in [5.74, 6) is 0.0255. The SMILES string of the molecule is Cc1ccc(CC(=O)c2nc3ccccc3s2)nc1. The number of nitrogens with zero attached hydrogens (tertiary/aromatic N) is 2. The van der Waals surface area contributed by atoms with Gasteiger partial charge in [0.25, 0.3) is 0 Å². The largest absolute Gasteiger partial charge is 0.291 e. The molecule has 0 aliphatic rings. The molecule has 0 aliphatic heterocycles. The summed E-state index contributed by atoms with van der Waals surface area (Å²) < 4.78 is 1.04. The summed E-state index contributed by atoms with van der Waals surface area (Å²) in [7, 11) is 0. The molecule has 2 aromatic heterocycles. The molecule has 94 valence electrons. The number of carbonyl (C=O) groups is 1. The van der Waals surface area contributed by atoms with Crippen molar-refractivity contribution >= 4 is 27.3 Å². The van der Waals surface area contributed by atoms with Gasteiger partial charge in [0, 0.05) is 11.9 Å². The summed E-state index contributed by atoms with van der Waals surface area (Å²) in [6, 6.07) is 11.6. The molecule has 4 heteroatoms. The van der Waals surface area contributed by atoms with Crippen LogP contribution in [-0.2, 0) is 6.42 Å². The average Bonchev–Trinajstić information content (AvgIpc) is 2.85. The van der Waals surface area contributed by atoms with Crippen LogP contribution in [0.1, 0.15) is 21.1 Å². The standard InChI is InChI=1S/C15H12N2OS/c1-10-6-7-11(16-9-10)8-13(18)15-17-12-4-2-3-5-14(12)19-15/h2-7,9H,8H2,1H3. The quantitative estimate of drug-likeness (QED) is 0.683. The number of para-hydroxylation sites is 1. The van der Waals surface area contributed by atoms with Crippen molar-refractivity contribution in [2.24, 2.45) is 0 Å². The number of pyridine rings is 1. The number of rotatable bonds is 3. The molecule has 0 fully saturated rings. The Morgan fingerprint density at radius 3 is 2.79 bits per heavy atom. The van der Waals surface area contributed by atoms with Crippen LogP contribution in [-0.4, -0.2) is 15.8 Å². The second kappa shape index (κ2) is 4.90. The van der Waals surface area contributed by atoms with E-state index in [9.17, 15) is 4.79 Å². The molecule has 0 spiro atoms. The number of hydrogen-bond acceptors (Lipinski definition) is 4. The lowest BCUT2D eigenvalue weighted by Crippen LogP contribution is -2.04. The molecule has 0 amide bonds. The van der Waals surface area contributed by atoms with Gasteiger partial charge in [-0.2, -0.15) is 0 Å². The molecule has 2 heterocycles. The lowest BCUT2D eigenvalue weighted by Gasteiger charge is -1.98. The zero-order valence-electron chi connectivity index (χ0n) is 10.5. The van der Waals surface area contributed by atoms with E-state index < -0.39 is 0 Å². The van der Waals surface area contributed by atoms with Gasteiger partial charge in [-0.3, -0.25) is 9.78 Å². The van der Waals surface area contributed by atoms with Crippen molar-refractivity contribution < 1.29 is 4.79 Å². The predicted molar refractivity (Wildman–Crippen MR) is 76.6 cm³/mol. The Labute approximate surface area is 115 Å². The normalized spacial score (nSPS) is 10.8. The van der Waals surface area contributed by atoms with Gasteiger partial charge in [-0.1, -0.05) is 18.2 Å². The van der Waals surface area contributed by atoms with Crippen molar-refractivity contribution in [3.63, 3.8) is 0 Å². The van der Waals surface area contributed by atoms with Gasteiger partial charge in [-0.05, 0) is 30.7 Å². The number of thiazole rings is 1. The number of ketones is 1. The summed E-state index contributed by atoms with van der Waals surface area (Å²) in [5, 5.41) is 0.559. The van der Waals surface area contributed by atoms with E-state index in [0.29, 0.717) is 11.4 Å². The Kier molecular flexibility index (Phi) is 3.09. The van der Waals surface area contributed by atoms with Crippen molar-refractivity contribution in [2.75, 3.05) is 0 Å². The van der Waals surface area contributed by atoms with Crippen molar-refractivity contribution in [3.05, 3.63) is 58.9 Å². The molecule has 0 bridgehead atoms. The van der Waals surface area contributed by atoms with Crippen LogP contribution >= 0.6 is 11.3 Å². The molecule has 1 aromatic carbocycles. The van der Waals surface area contributed by atoms with Crippen LogP contribution in [0.4, 0.5) is 0 Å². The molecule has 3 rings (SSSR count). The van der Waals surface area contributed by atoms with Crippen LogP contribution < -0.4 is 0 Å². The topological polar surface area (TPSA) is 42.9 Å². The van der Waals surface area contributed by atoms with Gasteiger partial charge in [-0.15, -0.1) is 11.3 Å². The molecule has 0 saturated carbocycles. The highest BCUT2D eigenvalue weighted by molar-refractivity contribution is 7.20.